The van der Waals surface area contributed by atoms with Crippen molar-refractivity contribution in [3.05, 3.63) is 0 Å². The van der Waals surface area contributed by atoms with Crippen molar-refractivity contribution in [3.8, 4) is 0 Å². The van der Waals surface area contributed by atoms with Gasteiger partial charge in [-0.3, -0.25) is 4.79 Å². The Morgan fingerprint density at radius 1 is 1.27 bits per heavy atom. The van der Waals surface area contributed by atoms with Crippen molar-refractivity contribution >= 4 is 5.78 Å². The molecule has 2 saturated carbocycles. The lowest BCUT2D eigenvalue weighted by atomic mass is 9.63. The van der Waals surface area contributed by atoms with Gasteiger partial charge in [0, 0.05) is 12.3 Å². The molecule has 0 aromatic rings. The van der Waals surface area contributed by atoms with E-state index in [1.165, 1.54) is 0 Å². The molecule has 0 spiro atoms. The van der Waals surface area contributed by atoms with Gasteiger partial charge in [0.2, 0.25) is 0 Å². The standard InChI is InChI=1S/C13H22O2/c1-13(2)8-4-7-10(14)9-5-3-6-11(15)12(9)13/h9,11-12,15H,3-8H2,1-2H3/t9-,11?,12+/m1/s1. The predicted octanol–water partition coefficient (Wildman–Crippen LogP) is 2.54. The largest absolute Gasteiger partial charge is 0.393 e. The van der Waals surface area contributed by atoms with Crippen molar-refractivity contribution in [2.24, 2.45) is 17.3 Å². The molecule has 15 heavy (non-hydrogen) atoms. The van der Waals surface area contributed by atoms with Gasteiger partial charge in [-0.2, -0.15) is 0 Å². The van der Waals surface area contributed by atoms with Gasteiger partial charge in [0.1, 0.15) is 5.78 Å². The SMILES string of the molecule is CC1(C)CCCC(=O)[C@H]2CCCC(O)[C@H]21. The van der Waals surface area contributed by atoms with Crippen LogP contribution in [-0.4, -0.2) is 17.0 Å². The molecule has 1 unspecified atom stereocenters. The van der Waals surface area contributed by atoms with Gasteiger partial charge in [-0.05, 0) is 37.0 Å². The number of carbonyl (C=O) groups is 1. The van der Waals surface area contributed by atoms with E-state index in [1.54, 1.807) is 0 Å². The number of carbonyl (C=O) groups excluding carboxylic acids is 1. The van der Waals surface area contributed by atoms with E-state index in [4.69, 9.17) is 0 Å². The lowest BCUT2D eigenvalue weighted by molar-refractivity contribution is -0.130. The Hall–Kier alpha value is -0.370. The van der Waals surface area contributed by atoms with E-state index in [9.17, 15) is 9.90 Å². The minimum Gasteiger partial charge on any atom is -0.393 e. The van der Waals surface area contributed by atoms with Crippen molar-refractivity contribution in [1.29, 1.82) is 0 Å². The van der Waals surface area contributed by atoms with Crippen LogP contribution < -0.4 is 0 Å². The van der Waals surface area contributed by atoms with E-state index in [0.717, 1.165) is 38.5 Å². The Morgan fingerprint density at radius 2 is 2.00 bits per heavy atom. The average molecular weight is 210 g/mol. The number of hydrogen-bond acceptors (Lipinski definition) is 2. The molecule has 2 fully saturated rings. The second-order valence-corrected chi connectivity index (χ2v) is 5.94. The molecule has 2 nitrogen and oxygen atoms in total. The Labute approximate surface area is 92.1 Å². The van der Waals surface area contributed by atoms with E-state index < -0.39 is 0 Å². The lowest BCUT2D eigenvalue weighted by Crippen LogP contribution is -2.43. The van der Waals surface area contributed by atoms with E-state index in [0.29, 0.717) is 5.78 Å². The summed E-state index contributed by atoms with van der Waals surface area (Å²) in [7, 11) is 0. The van der Waals surface area contributed by atoms with Crippen LogP contribution in [0.2, 0.25) is 0 Å². The smallest absolute Gasteiger partial charge is 0.136 e. The molecule has 86 valence electrons. The van der Waals surface area contributed by atoms with Crippen molar-refractivity contribution < 1.29 is 9.90 Å². The number of aliphatic hydroxyl groups excluding tert-OH is 1. The number of fused-ring (bicyclic) bond motifs is 1. The van der Waals surface area contributed by atoms with Gasteiger partial charge in [0.15, 0.2) is 0 Å². The molecule has 3 atom stereocenters. The second kappa shape index (κ2) is 3.89. The molecule has 0 aliphatic heterocycles. The molecule has 0 bridgehead atoms. The van der Waals surface area contributed by atoms with Crippen molar-refractivity contribution in [2.45, 2.75) is 58.5 Å². The Balaban J connectivity index is 2.29. The van der Waals surface area contributed by atoms with Crippen LogP contribution in [0.3, 0.4) is 0 Å². The van der Waals surface area contributed by atoms with Crippen LogP contribution in [-0.2, 0) is 4.79 Å². The molecule has 0 radical (unpaired) electrons. The second-order valence-electron chi connectivity index (χ2n) is 5.94. The normalized spacial score (nSPS) is 40.7. The summed E-state index contributed by atoms with van der Waals surface area (Å²) in [6.45, 7) is 4.44. The molecule has 2 rings (SSSR count). The highest BCUT2D eigenvalue weighted by atomic mass is 16.3. The Morgan fingerprint density at radius 3 is 2.73 bits per heavy atom. The van der Waals surface area contributed by atoms with Gasteiger partial charge in [-0.15, -0.1) is 0 Å². The van der Waals surface area contributed by atoms with Gasteiger partial charge in [0.25, 0.3) is 0 Å². The number of Topliss-reactive ketones (excluding diaryl/α,β-unsaturated/α-hetero) is 1. The van der Waals surface area contributed by atoms with E-state index in [2.05, 4.69) is 13.8 Å². The highest BCUT2D eigenvalue weighted by Crippen LogP contribution is 2.47. The summed E-state index contributed by atoms with van der Waals surface area (Å²) in [5, 5.41) is 10.1. The highest BCUT2D eigenvalue weighted by Gasteiger charge is 2.46. The van der Waals surface area contributed by atoms with Crippen LogP contribution >= 0.6 is 0 Å². The lowest BCUT2D eigenvalue weighted by Gasteiger charge is -2.43. The third-order valence-electron chi connectivity index (χ3n) is 4.42. The fourth-order valence-corrected chi connectivity index (χ4v) is 3.67. The summed E-state index contributed by atoms with van der Waals surface area (Å²) in [6.07, 6.45) is 5.48. The minimum absolute atomic E-state index is 0.136. The zero-order valence-corrected chi connectivity index (χ0v) is 9.83. The molecule has 2 aliphatic carbocycles. The maximum Gasteiger partial charge on any atom is 0.136 e. The Kier molecular flexibility index (Phi) is 2.89. The fourth-order valence-electron chi connectivity index (χ4n) is 3.67. The number of ketones is 1. The molecular formula is C13H22O2. The van der Waals surface area contributed by atoms with Crippen molar-refractivity contribution in [1.82, 2.24) is 0 Å². The molecule has 0 aromatic heterocycles. The first-order chi connectivity index (χ1) is 7.02. The van der Waals surface area contributed by atoms with Crippen LogP contribution in [0.5, 0.6) is 0 Å². The minimum atomic E-state index is -0.249. The first kappa shape index (κ1) is 11.1. The van der Waals surface area contributed by atoms with Crippen LogP contribution in [0.25, 0.3) is 0 Å². The van der Waals surface area contributed by atoms with Gasteiger partial charge in [0.05, 0.1) is 6.10 Å². The summed E-state index contributed by atoms with van der Waals surface area (Å²) in [5.41, 5.74) is 0.136. The first-order valence-corrected chi connectivity index (χ1v) is 6.23. The molecule has 2 heteroatoms. The zero-order chi connectivity index (χ0) is 11.1. The van der Waals surface area contributed by atoms with Gasteiger partial charge < -0.3 is 5.11 Å². The Bertz CT molecular complexity index is 257. The van der Waals surface area contributed by atoms with Crippen LogP contribution in [0.1, 0.15) is 52.4 Å². The molecule has 0 heterocycles. The van der Waals surface area contributed by atoms with Gasteiger partial charge in [-0.1, -0.05) is 20.3 Å². The monoisotopic (exact) mass is 210 g/mol. The third kappa shape index (κ3) is 1.96. The van der Waals surface area contributed by atoms with Gasteiger partial charge in [-0.25, -0.2) is 0 Å². The predicted molar refractivity (Wildman–Crippen MR) is 59.5 cm³/mol. The fraction of sp³-hybridized carbons (Fsp3) is 0.923. The first-order valence-electron chi connectivity index (χ1n) is 6.23. The molecule has 0 saturated heterocycles. The molecular weight excluding hydrogens is 188 g/mol. The van der Waals surface area contributed by atoms with Crippen molar-refractivity contribution in [3.63, 3.8) is 0 Å². The van der Waals surface area contributed by atoms with Crippen LogP contribution in [0.4, 0.5) is 0 Å². The van der Waals surface area contributed by atoms with E-state index >= 15 is 0 Å². The van der Waals surface area contributed by atoms with Crippen molar-refractivity contribution in [2.75, 3.05) is 0 Å². The van der Waals surface area contributed by atoms with E-state index in [1.807, 2.05) is 0 Å². The zero-order valence-electron chi connectivity index (χ0n) is 9.83. The molecule has 0 amide bonds. The maximum absolute atomic E-state index is 12.0. The molecule has 0 aromatic carbocycles. The van der Waals surface area contributed by atoms with E-state index in [-0.39, 0.29) is 23.4 Å². The van der Waals surface area contributed by atoms with Crippen LogP contribution in [0.15, 0.2) is 0 Å². The molecule has 2 aliphatic rings. The van der Waals surface area contributed by atoms with Gasteiger partial charge >= 0.3 is 0 Å². The average Bonchev–Trinajstić information content (AvgIpc) is 2.26. The summed E-state index contributed by atoms with van der Waals surface area (Å²) < 4.78 is 0. The highest BCUT2D eigenvalue weighted by molar-refractivity contribution is 5.81. The topological polar surface area (TPSA) is 37.3 Å². The summed E-state index contributed by atoms with van der Waals surface area (Å²) in [6, 6.07) is 0. The number of hydrogen-bond donors (Lipinski definition) is 1. The summed E-state index contributed by atoms with van der Waals surface area (Å²) >= 11 is 0. The molecule has 1 N–H and O–H groups in total. The maximum atomic E-state index is 12.0. The summed E-state index contributed by atoms with van der Waals surface area (Å²) in [4.78, 5) is 12.0. The number of rotatable bonds is 0. The quantitative estimate of drug-likeness (QED) is 0.667. The third-order valence-corrected chi connectivity index (χ3v) is 4.42. The van der Waals surface area contributed by atoms with Crippen LogP contribution in [0, 0.1) is 17.3 Å². The summed E-state index contributed by atoms with van der Waals surface area (Å²) in [5.74, 6) is 0.761. The number of aliphatic hydroxyl groups is 1.